The number of aliphatic hydroxyl groups is 1. The van der Waals surface area contributed by atoms with Crippen LogP contribution in [0.2, 0.25) is 0 Å². The summed E-state index contributed by atoms with van der Waals surface area (Å²) < 4.78 is 16.9. The van der Waals surface area contributed by atoms with Gasteiger partial charge in [0.2, 0.25) is 0 Å². The Kier molecular flexibility index (Phi) is 12.7. The van der Waals surface area contributed by atoms with Crippen LogP contribution in [0.15, 0.2) is 24.3 Å². The summed E-state index contributed by atoms with van der Waals surface area (Å²) in [6, 6.07) is 5.72. The van der Waals surface area contributed by atoms with Crippen LogP contribution in [0.1, 0.15) is 74.3 Å². The molecule has 0 unspecified atom stereocenters. The average Bonchev–Trinajstić information content (AvgIpc) is 2.76. The first kappa shape index (κ1) is 34.2. The number of aliphatic hydroxyl groups excluding tert-OH is 1. The number of hydrogen-bond acceptors (Lipinski definition) is 8. The van der Waals surface area contributed by atoms with Crippen LogP contribution < -0.4 is 15.8 Å². The van der Waals surface area contributed by atoms with Gasteiger partial charge in [-0.1, -0.05) is 12.1 Å². The van der Waals surface area contributed by atoms with Gasteiger partial charge in [0.15, 0.2) is 0 Å². The Morgan fingerprint density at radius 2 is 1.44 bits per heavy atom. The molecule has 0 fully saturated rings. The third-order valence-corrected chi connectivity index (χ3v) is 5.11. The molecule has 0 heterocycles. The largest absolute Gasteiger partial charge is 0.488 e. The van der Waals surface area contributed by atoms with Crippen LogP contribution in [0.3, 0.4) is 0 Å². The van der Waals surface area contributed by atoms with E-state index >= 15 is 0 Å². The van der Waals surface area contributed by atoms with Crippen LogP contribution in [-0.2, 0) is 25.5 Å². The molecule has 4 N–H and O–H groups in total. The molecule has 0 saturated carbocycles. The van der Waals surface area contributed by atoms with Gasteiger partial charge in [-0.15, -0.1) is 0 Å². The number of rotatable bonds is 12. The zero-order valence-corrected chi connectivity index (χ0v) is 25.1. The average molecular weight is 552 g/mol. The third-order valence-electron chi connectivity index (χ3n) is 5.11. The number of nitrogens with two attached hydrogens (primary N) is 1. The Balaban J connectivity index is 3.15. The van der Waals surface area contributed by atoms with Crippen molar-refractivity contribution >= 4 is 18.0 Å². The van der Waals surface area contributed by atoms with Gasteiger partial charge in [0.25, 0.3) is 0 Å². The maximum Gasteiger partial charge on any atom is 0.329 e. The number of benzene rings is 1. The fourth-order valence-corrected chi connectivity index (χ4v) is 3.52. The number of ether oxygens (including phenoxy) is 3. The zero-order valence-electron chi connectivity index (χ0n) is 25.1. The second-order valence-electron chi connectivity index (χ2n) is 12.6. The van der Waals surface area contributed by atoms with Crippen LogP contribution in [0.5, 0.6) is 5.75 Å². The van der Waals surface area contributed by atoms with Gasteiger partial charge in [0.05, 0.1) is 5.92 Å². The lowest BCUT2D eigenvalue weighted by molar-refractivity contribution is -0.160. The van der Waals surface area contributed by atoms with E-state index in [0.29, 0.717) is 5.75 Å². The molecule has 222 valence electrons. The van der Waals surface area contributed by atoms with Gasteiger partial charge in [0, 0.05) is 32.7 Å². The SMILES string of the molecule is CC(C)(C)OC(=O)[C@H](CN)CN(CCCO)C(=O)N[C@@H](Cc1ccc(OC(C)(C)C)cc1)C(=O)OC(C)(C)C. The van der Waals surface area contributed by atoms with Gasteiger partial charge < -0.3 is 35.3 Å². The molecule has 1 aromatic rings. The summed E-state index contributed by atoms with van der Waals surface area (Å²) in [5.74, 6) is -1.19. The monoisotopic (exact) mass is 551 g/mol. The number of urea groups is 1. The molecule has 2 atom stereocenters. The number of carbonyl (C=O) groups excluding carboxylic acids is 3. The first-order chi connectivity index (χ1) is 17.8. The fraction of sp³-hybridized carbons (Fsp3) is 0.690. The molecule has 10 nitrogen and oxygen atoms in total. The molecule has 0 aromatic heterocycles. The van der Waals surface area contributed by atoms with Crippen molar-refractivity contribution in [3.63, 3.8) is 0 Å². The molecule has 39 heavy (non-hydrogen) atoms. The van der Waals surface area contributed by atoms with Crippen LogP contribution in [0.25, 0.3) is 0 Å². The normalized spacial score (nSPS) is 13.7. The van der Waals surface area contributed by atoms with Crippen LogP contribution >= 0.6 is 0 Å². The van der Waals surface area contributed by atoms with Crippen molar-refractivity contribution in [2.24, 2.45) is 11.7 Å². The summed E-state index contributed by atoms with van der Waals surface area (Å²) in [7, 11) is 0. The lowest BCUT2D eigenvalue weighted by Crippen LogP contribution is -2.53. The van der Waals surface area contributed by atoms with E-state index < -0.39 is 41.1 Å². The molecule has 0 aliphatic carbocycles. The summed E-state index contributed by atoms with van der Waals surface area (Å²) in [4.78, 5) is 40.6. The maximum absolute atomic E-state index is 13.4. The summed E-state index contributed by atoms with van der Waals surface area (Å²) in [6.45, 7) is 16.3. The lowest BCUT2D eigenvalue weighted by Gasteiger charge is -2.30. The molecule has 0 spiro atoms. The van der Waals surface area contributed by atoms with E-state index in [1.165, 1.54) is 4.90 Å². The Bertz CT molecular complexity index is 928. The topological polar surface area (TPSA) is 140 Å². The van der Waals surface area contributed by atoms with Crippen molar-refractivity contribution in [3.05, 3.63) is 29.8 Å². The second kappa shape index (κ2) is 14.5. The minimum absolute atomic E-state index is 0.0306. The highest BCUT2D eigenvalue weighted by Crippen LogP contribution is 2.20. The number of carbonyl (C=O) groups is 3. The molecule has 0 aliphatic heterocycles. The summed E-state index contributed by atoms with van der Waals surface area (Å²) in [5, 5.41) is 12.1. The van der Waals surface area contributed by atoms with E-state index in [2.05, 4.69) is 5.32 Å². The van der Waals surface area contributed by atoms with Crippen molar-refractivity contribution in [1.82, 2.24) is 10.2 Å². The van der Waals surface area contributed by atoms with Crippen LogP contribution in [0.4, 0.5) is 4.79 Å². The van der Waals surface area contributed by atoms with Gasteiger partial charge in [-0.25, -0.2) is 9.59 Å². The smallest absolute Gasteiger partial charge is 0.329 e. The molecule has 10 heteroatoms. The highest BCUT2D eigenvalue weighted by atomic mass is 16.6. The van der Waals surface area contributed by atoms with Gasteiger partial charge in [-0.2, -0.15) is 0 Å². The van der Waals surface area contributed by atoms with Crippen molar-refractivity contribution in [2.75, 3.05) is 26.2 Å². The Morgan fingerprint density at radius 3 is 1.90 bits per heavy atom. The molecular formula is C29H49N3O7. The van der Waals surface area contributed by atoms with E-state index in [4.69, 9.17) is 19.9 Å². The molecule has 2 amide bonds. The van der Waals surface area contributed by atoms with Gasteiger partial charge in [-0.3, -0.25) is 4.79 Å². The van der Waals surface area contributed by atoms with Crippen molar-refractivity contribution in [3.8, 4) is 5.75 Å². The van der Waals surface area contributed by atoms with E-state index in [-0.39, 0.29) is 44.7 Å². The van der Waals surface area contributed by atoms with Crippen LogP contribution in [-0.4, -0.2) is 77.1 Å². The predicted octanol–water partition coefficient (Wildman–Crippen LogP) is 3.43. The van der Waals surface area contributed by atoms with E-state index in [1.807, 2.05) is 45.0 Å². The van der Waals surface area contributed by atoms with Gasteiger partial charge in [-0.05, 0) is 86.4 Å². The standard InChI is InChI=1S/C29H49N3O7/c1-27(2,3)37-22-13-11-20(12-14-22)17-23(25(35)39-29(7,8)9)31-26(36)32(15-10-16-33)19-21(18-30)24(34)38-28(4,5)6/h11-14,21,23,33H,10,15-19,30H2,1-9H3,(H,31,36)/t21-,23+/m1/s1. The first-order valence-electron chi connectivity index (χ1n) is 13.4. The number of esters is 2. The first-order valence-corrected chi connectivity index (χ1v) is 13.4. The highest BCUT2D eigenvalue weighted by Gasteiger charge is 2.31. The fourth-order valence-electron chi connectivity index (χ4n) is 3.52. The minimum atomic E-state index is -0.999. The molecular weight excluding hydrogens is 502 g/mol. The molecule has 1 rings (SSSR count). The summed E-state index contributed by atoms with van der Waals surface area (Å²) in [6.07, 6.45) is 0.460. The quantitative estimate of drug-likeness (QED) is 0.336. The number of nitrogens with one attached hydrogen (secondary N) is 1. The van der Waals surface area contributed by atoms with Gasteiger partial charge >= 0.3 is 18.0 Å². The maximum atomic E-state index is 13.4. The lowest BCUT2D eigenvalue weighted by atomic mass is 10.0. The van der Waals surface area contributed by atoms with E-state index in [1.54, 1.807) is 41.5 Å². The molecule has 0 bridgehead atoms. The van der Waals surface area contributed by atoms with E-state index in [9.17, 15) is 19.5 Å². The number of amides is 2. The summed E-state index contributed by atoms with van der Waals surface area (Å²) in [5.41, 5.74) is 4.82. The van der Waals surface area contributed by atoms with E-state index in [0.717, 1.165) is 5.56 Å². The van der Waals surface area contributed by atoms with Crippen molar-refractivity contribution < 1.29 is 33.7 Å². The molecule has 0 radical (unpaired) electrons. The molecule has 1 aromatic carbocycles. The minimum Gasteiger partial charge on any atom is -0.488 e. The van der Waals surface area contributed by atoms with Gasteiger partial charge in [0.1, 0.15) is 28.6 Å². The Labute approximate surface area is 233 Å². The van der Waals surface area contributed by atoms with Crippen molar-refractivity contribution in [2.45, 2.75) is 98.0 Å². The Morgan fingerprint density at radius 1 is 0.897 bits per heavy atom. The second-order valence-corrected chi connectivity index (χ2v) is 12.6. The summed E-state index contributed by atoms with van der Waals surface area (Å²) >= 11 is 0. The van der Waals surface area contributed by atoms with Crippen LogP contribution in [0, 0.1) is 5.92 Å². The number of nitrogens with zero attached hydrogens (tertiary/aromatic N) is 1. The highest BCUT2D eigenvalue weighted by molar-refractivity contribution is 5.84. The zero-order chi connectivity index (χ0) is 30.0. The molecule has 0 saturated heterocycles. The predicted molar refractivity (Wildman–Crippen MR) is 150 cm³/mol. The number of hydrogen-bond donors (Lipinski definition) is 3. The third kappa shape index (κ3) is 14.2. The van der Waals surface area contributed by atoms with Crippen molar-refractivity contribution in [1.29, 1.82) is 0 Å². The molecule has 0 aliphatic rings. The Hall–Kier alpha value is -2.85.